The molecule has 1 fully saturated rings. The molecule has 0 amide bonds. The molecule has 2 aromatic rings. The summed E-state index contributed by atoms with van der Waals surface area (Å²) in [6.07, 6.45) is -4.54. The van der Waals surface area contributed by atoms with Crippen LogP contribution < -0.4 is 9.47 Å². The zero-order valence-corrected chi connectivity index (χ0v) is 18.6. The summed E-state index contributed by atoms with van der Waals surface area (Å²) < 4.78 is 32.7. The summed E-state index contributed by atoms with van der Waals surface area (Å²) in [6.45, 7) is 4.70. The van der Waals surface area contributed by atoms with Gasteiger partial charge in [0, 0.05) is 33.1 Å². The first kappa shape index (κ1) is 24.0. The lowest BCUT2D eigenvalue weighted by atomic mass is 10.0. The van der Waals surface area contributed by atoms with Crippen LogP contribution in [0.1, 0.15) is 27.7 Å². The third kappa shape index (κ3) is 6.19. The van der Waals surface area contributed by atoms with Crippen LogP contribution in [0.25, 0.3) is 10.8 Å². The van der Waals surface area contributed by atoms with E-state index >= 15 is 0 Å². The molecule has 10 nitrogen and oxygen atoms in total. The highest BCUT2D eigenvalue weighted by Gasteiger charge is 2.48. The van der Waals surface area contributed by atoms with Crippen LogP contribution in [0.5, 0.6) is 11.5 Å². The highest BCUT2D eigenvalue weighted by atomic mass is 16.7. The maximum atomic E-state index is 11.8. The largest absolute Gasteiger partial charge is 0.461 e. The monoisotopic (exact) mass is 460 g/mol. The zero-order chi connectivity index (χ0) is 24.1. The predicted octanol–water partition coefficient (Wildman–Crippen LogP) is 2.30. The van der Waals surface area contributed by atoms with Crippen molar-refractivity contribution in [2.24, 2.45) is 0 Å². The van der Waals surface area contributed by atoms with E-state index in [4.69, 9.17) is 28.4 Å². The van der Waals surface area contributed by atoms with Crippen molar-refractivity contribution >= 4 is 34.6 Å². The van der Waals surface area contributed by atoms with E-state index in [2.05, 4.69) is 0 Å². The van der Waals surface area contributed by atoms with Crippen molar-refractivity contribution < 1.29 is 47.6 Å². The fourth-order valence-electron chi connectivity index (χ4n) is 3.48. The average molecular weight is 460 g/mol. The van der Waals surface area contributed by atoms with Crippen molar-refractivity contribution in [3.8, 4) is 11.5 Å². The van der Waals surface area contributed by atoms with Gasteiger partial charge in [-0.05, 0) is 23.6 Å². The lowest BCUT2D eigenvalue weighted by Crippen LogP contribution is -2.59. The third-order valence-electron chi connectivity index (χ3n) is 4.62. The van der Waals surface area contributed by atoms with Gasteiger partial charge in [-0.1, -0.05) is 18.2 Å². The molecule has 1 saturated heterocycles. The number of hydrogen-bond acceptors (Lipinski definition) is 10. The molecule has 0 spiro atoms. The maximum absolute atomic E-state index is 11.8. The first-order valence-corrected chi connectivity index (χ1v) is 10.1. The molecule has 1 heterocycles. The second-order valence-electron chi connectivity index (χ2n) is 7.35. The van der Waals surface area contributed by atoms with Crippen LogP contribution in [0.2, 0.25) is 0 Å². The van der Waals surface area contributed by atoms with Gasteiger partial charge >= 0.3 is 23.9 Å². The fraction of sp³-hybridized carbons (Fsp3) is 0.391. The van der Waals surface area contributed by atoms with Gasteiger partial charge in [0.05, 0.1) is 6.61 Å². The van der Waals surface area contributed by atoms with E-state index in [0.29, 0.717) is 16.9 Å². The van der Waals surface area contributed by atoms with Crippen LogP contribution in [-0.4, -0.2) is 55.1 Å². The molecule has 3 rings (SSSR count). The van der Waals surface area contributed by atoms with Gasteiger partial charge in [-0.3, -0.25) is 19.2 Å². The molecule has 10 heteroatoms. The number of esters is 4. The second kappa shape index (κ2) is 10.3. The zero-order valence-electron chi connectivity index (χ0n) is 18.6. The minimum atomic E-state index is -1.22. The van der Waals surface area contributed by atoms with E-state index in [-0.39, 0.29) is 6.61 Å². The van der Waals surface area contributed by atoms with Crippen molar-refractivity contribution in [2.75, 3.05) is 6.61 Å². The first-order chi connectivity index (χ1) is 15.6. The van der Waals surface area contributed by atoms with E-state index in [9.17, 15) is 19.2 Å². The minimum absolute atomic E-state index is 0.160. The molecular weight excluding hydrogens is 436 g/mol. The Kier molecular flexibility index (Phi) is 7.49. The number of ether oxygens (including phenoxy) is 6. The van der Waals surface area contributed by atoms with Gasteiger partial charge in [0.25, 0.3) is 0 Å². The van der Waals surface area contributed by atoms with Gasteiger partial charge in [0.1, 0.15) is 11.5 Å². The number of carbonyl (C=O) groups is 4. The summed E-state index contributed by atoms with van der Waals surface area (Å²) in [6, 6.07) is 10.3. The Morgan fingerprint density at radius 2 is 1.48 bits per heavy atom. The normalized spacial score (nSPS) is 22.2. The van der Waals surface area contributed by atoms with Crippen molar-refractivity contribution in [2.45, 2.75) is 52.3 Å². The Morgan fingerprint density at radius 1 is 0.818 bits per heavy atom. The number of carbonyl (C=O) groups excluding carboxylic acids is 4. The topological polar surface area (TPSA) is 124 Å². The van der Waals surface area contributed by atoms with Crippen molar-refractivity contribution in [1.82, 2.24) is 0 Å². The smallest absolute Gasteiger partial charge is 0.308 e. The molecule has 0 aromatic heterocycles. The molecule has 0 unspecified atom stereocenters. The average Bonchev–Trinajstić information content (AvgIpc) is 2.71. The van der Waals surface area contributed by atoms with E-state index in [1.807, 2.05) is 6.07 Å². The molecule has 4 atom stereocenters. The van der Waals surface area contributed by atoms with Crippen LogP contribution in [0.3, 0.4) is 0 Å². The number of fused-ring (bicyclic) bond motifs is 1. The summed E-state index contributed by atoms with van der Waals surface area (Å²) >= 11 is 0. The van der Waals surface area contributed by atoms with Crippen molar-refractivity contribution in [1.29, 1.82) is 0 Å². The SMILES string of the molecule is CC(=O)Oc1cccc2ccc(O[C@@H]3OC[C@@H](OC(C)=O)[C@H](OC(C)=O)[C@H]3OC(C)=O)cc12. The van der Waals surface area contributed by atoms with Crippen LogP contribution in [0.4, 0.5) is 0 Å². The standard InChI is InChI=1S/C23H24O10/c1-12(24)29-19-7-5-6-16-8-9-17(10-18(16)19)33-23-22(32-15(4)27)21(31-14(3)26)20(11-28-23)30-13(2)25/h5-10,20-23H,11H2,1-4H3/t20-,21+,22-,23+/m1/s1. The third-order valence-corrected chi connectivity index (χ3v) is 4.62. The second-order valence-corrected chi connectivity index (χ2v) is 7.35. The fourth-order valence-corrected chi connectivity index (χ4v) is 3.48. The molecule has 0 N–H and O–H groups in total. The van der Waals surface area contributed by atoms with E-state index in [1.165, 1.54) is 27.7 Å². The number of rotatable bonds is 6. The summed E-state index contributed by atoms with van der Waals surface area (Å²) in [7, 11) is 0. The van der Waals surface area contributed by atoms with Gasteiger partial charge in [-0.25, -0.2) is 0 Å². The lowest BCUT2D eigenvalue weighted by molar-refractivity contribution is -0.259. The molecule has 0 radical (unpaired) electrons. The molecule has 0 saturated carbocycles. The van der Waals surface area contributed by atoms with E-state index in [1.54, 1.807) is 30.3 Å². The molecule has 33 heavy (non-hydrogen) atoms. The summed E-state index contributed by atoms with van der Waals surface area (Å²) in [5, 5.41) is 1.41. The van der Waals surface area contributed by atoms with E-state index < -0.39 is 48.5 Å². The predicted molar refractivity (Wildman–Crippen MR) is 112 cm³/mol. The molecule has 0 aliphatic carbocycles. The highest BCUT2D eigenvalue weighted by molar-refractivity contribution is 5.91. The van der Waals surface area contributed by atoms with Gasteiger partial charge in [-0.2, -0.15) is 0 Å². The van der Waals surface area contributed by atoms with Crippen molar-refractivity contribution in [3.63, 3.8) is 0 Å². The van der Waals surface area contributed by atoms with Crippen LogP contribution in [-0.2, 0) is 38.1 Å². The molecule has 2 aromatic carbocycles. The Balaban J connectivity index is 1.92. The first-order valence-electron chi connectivity index (χ1n) is 10.1. The maximum Gasteiger partial charge on any atom is 0.308 e. The quantitative estimate of drug-likeness (QED) is 0.360. The summed E-state index contributed by atoms with van der Waals surface area (Å²) in [5.41, 5.74) is 0. The summed E-state index contributed by atoms with van der Waals surface area (Å²) in [4.78, 5) is 46.4. The molecular formula is C23H24O10. The van der Waals surface area contributed by atoms with Gasteiger partial charge < -0.3 is 28.4 Å². The van der Waals surface area contributed by atoms with E-state index in [0.717, 1.165) is 5.39 Å². The van der Waals surface area contributed by atoms with Crippen molar-refractivity contribution in [3.05, 3.63) is 36.4 Å². The lowest BCUT2D eigenvalue weighted by Gasteiger charge is -2.40. The number of hydrogen-bond donors (Lipinski definition) is 0. The summed E-state index contributed by atoms with van der Waals surface area (Å²) in [5.74, 6) is -1.76. The van der Waals surface area contributed by atoms with Crippen LogP contribution >= 0.6 is 0 Å². The van der Waals surface area contributed by atoms with Gasteiger partial charge in [0.15, 0.2) is 12.2 Å². The minimum Gasteiger partial charge on any atom is -0.461 e. The molecule has 176 valence electrons. The van der Waals surface area contributed by atoms with Gasteiger partial charge in [-0.15, -0.1) is 0 Å². The van der Waals surface area contributed by atoms with Crippen LogP contribution in [0, 0.1) is 0 Å². The Labute approximate surface area is 189 Å². The molecule has 0 bridgehead atoms. The Morgan fingerprint density at radius 3 is 2.12 bits per heavy atom. The molecule has 1 aliphatic heterocycles. The highest BCUT2D eigenvalue weighted by Crippen LogP contribution is 2.32. The van der Waals surface area contributed by atoms with Crippen LogP contribution in [0.15, 0.2) is 36.4 Å². The Bertz CT molecular complexity index is 1060. The number of benzene rings is 2. The molecule has 1 aliphatic rings. The Hall–Kier alpha value is -3.66. The van der Waals surface area contributed by atoms with Gasteiger partial charge in [0.2, 0.25) is 12.4 Å².